The molecule has 9 heteroatoms. The fourth-order valence-electron chi connectivity index (χ4n) is 3.30. The maximum Gasteiger partial charge on any atom is 0.223 e. The minimum absolute atomic E-state index is 0. The van der Waals surface area contributed by atoms with E-state index in [0.717, 1.165) is 31.5 Å². The molecule has 0 radical (unpaired) electrons. The number of hydrogen-bond acceptors (Lipinski definition) is 4. The van der Waals surface area contributed by atoms with Crippen LogP contribution in [-0.2, 0) is 9.53 Å². The Labute approximate surface area is 188 Å². The molecule has 0 aromatic heterocycles. The molecule has 1 aromatic rings. The number of hydrogen-bond donors (Lipinski definition) is 3. The second-order valence-electron chi connectivity index (χ2n) is 7.16. The Bertz CT molecular complexity index is 663. The Morgan fingerprint density at radius 3 is 2.45 bits per heavy atom. The molecule has 1 aromatic carbocycles. The first-order valence-electron chi connectivity index (χ1n) is 9.97. The van der Waals surface area contributed by atoms with Gasteiger partial charge in [0.25, 0.3) is 0 Å². The molecule has 29 heavy (non-hydrogen) atoms. The van der Waals surface area contributed by atoms with Crippen molar-refractivity contribution in [2.45, 2.75) is 18.9 Å². The van der Waals surface area contributed by atoms with Crippen molar-refractivity contribution in [2.75, 3.05) is 53.0 Å². The normalized spacial score (nSPS) is 18.5. The average molecular weight is 519 g/mol. The van der Waals surface area contributed by atoms with E-state index >= 15 is 0 Å². The minimum atomic E-state index is -0.233. The Hall–Kier alpha value is -1.46. The lowest BCUT2D eigenvalue weighted by Gasteiger charge is -2.35. The average Bonchev–Trinajstić information content (AvgIpc) is 3.57. The SMILES string of the molecule is CN=C(NCCNC(=O)C1CC1)NCC(c1ccc(F)cc1)N1CCOCC1.I. The molecule has 0 spiro atoms. The molecule has 1 saturated carbocycles. The van der Waals surface area contributed by atoms with Gasteiger partial charge in [0, 0.05) is 45.7 Å². The van der Waals surface area contributed by atoms with E-state index in [-0.39, 0.29) is 47.7 Å². The van der Waals surface area contributed by atoms with E-state index in [0.29, 0.717) is 38.8 Å². The first-order valence-corrected chi connectivity index (χ1v) is 9.97. The molecule has 3 rings (SSSR count). The third kappa shape index (κ3) is 7.71. The van der Waals surface area contributed by atoms with E-state index in [4.69, 9.17) is 4.74 Å². The third-order valence-electron chi connectivity index (χ3n) is 5.09. The van der Waals surface area contributed by atoms with Gasteiger partial charge in [-0.2, -0.15) is 0 Å². The molecular formula is C20H31FIN5O2. The van der Waals surface area contributed by atoms with E-state index in [2.05, 4.69) is 25.8 Å². The zero-order valence-electron chi connectivity index (χ0n) is 16.8. The van der Waals surface area contributed by atoms with Crippen LogP contribution in [0, 0.1) is 11.7 Å². The highest BCUT2D eigenvalue weighted by atomic mass is 127. The molecule has 162 valence electrons. The van der Waals surface area contributed by atoms with Gasteiger partial charge in [0.15, 0.2) is 5.96 Å². The molecule has 1 amide bonds. The van der Waals surface area contributed by atoms with E-state index in [1.54, 1.807) is 7.05 Å². The summed E-state index contributed by atoms with van der Waals surface area (Å²) in [5.41, 5.74) is 1.06. The molecule has 1 aliphatic heterocycles. The largest absolute Gasteiger partial charge is 0.379 e. The van der Waals surface area contributed by atoms with Crippen LogP contribution in [0.15, 0.2) is 29.3 Å². The van der Waals surface area contributed by atoms with Crippen molar-refractivity contribution in [3.63, 3.8) is 0 Å². The lowest BCUT2D eigenvalue weighted by Crippen LogP contribution is -2.47. The molecule has 1 heterocycles. The number of morpholine rings is 1. The number of ether oxygens (including phenoxy) is 1. The maximum absolute atomic E-state index is 13.3. The Balaban J connectivity index is 0.00000300. The standard InChI is InChI=1S/C20H30FN5O2.HI/c1-22-20(24-9-8-23-19(27)16-2-3-16)25-14-18(26-10-12-28-13-11-26)15-4-6-17(21)7-5-15;/h4-7,16,18H,2-3,8-14H2,1H3,(H,23,27)(H2,22,24,25);1H. The summed E-state index contributed by atoms with van der Waals surface area (Å²) >= 11 is 0. The van der Waals surface area contributed by atoms with Gasteiger partial charge in [-0.15, -0.1) is 24.0 Å². The lowest BCUT2D eigenvalue weighted by atomic mass is 10.0. The van der Waals surface area contributed by atoms with Gasteiger partial charge in [0.2, 0.25) is 5.91 Å². The van der Waals surface area contributed by atoms with Gasteiger partial charge >= 0.3 is 0 Å². The Morgan fingerprint density at radius 2 is 1.83 bits per heavy atom. The summed E-state index contributed by atoms with van der Waals surface area (Å²) in [7, 11) is 1.72. The number of carbonyl (C=O) groups is 1. The second-order valence-corrected chi connectivity index (χ2v) is 7.16. The predicted octanol–water partition coefficient (Wildman–Crippen LogP) is 1.51. The van der Waals surface area contributed by atoms with Crippen LogP contribution in [0.2, 0.25) is 0 Å². The van der Waals surface area contributed by atoms with Crippen LogP contribution < -0.4 is 16.0 Å². The maximum atomic E-state index is 13.3. The smallest absolute Gasteiger partial charge is 0.223 e. The van der Waals surface area contributed by atoms with Crippen molar-refractivity contribution in [2.24, 2.45) is 10.9 Å². The van der Waals surface area contributed by atoms with Crippen molar-refractivity contribution in [1.82, 2.24) is 20.9 Å². The van der Waals surface area contributed by atoms with Crippen LogP contribution in [0.1, 0.15) is 24.4 Å². The topological polar surface area (TPSA) is 78.0 Å². The molecule has 1 unspecified atom stereocenters. The van der Waals surface area contributed by atoms with E-state index < -0.39 is 0 Å². The summed E-state index contributed by atoms with van der Waals surface area (Å²) in [6, 6.07) is 6.76. The van der Waals surface area contributed by atoms with Gasteiger partial charge in [-0.1, -0.05) is 12.1 Å². The first-order chi connectivity index (χ1) is 13.7. The Kier molecular flexibility index (Phi) is 10.1. The van der Waals surface area contributed by atoms with Crippen LogP contribution in [0.3, 0.4) is 0 Å². The molecule has 1 aliphatic carbocycles. The van der Waals surface area contributed by atoms with Crippen molar-refractivity contribution in [3.8, 4) is 0 Å². The van der Waals surface area contributed by atoms with Crippen molar-refractivity contribution in [1.29, 1.82) is 0 Å². The predicted molar refractivity (Wildman–Crippen MR) is 122 cm³/mol. The van der Waals surface area contributed by atoms with Gasteiger partial charge in [0.1, 0.15) is 5.82 Å². The molecule has 2 aliphatic rings. The molecule has 2 fully saturated rings. The monoisotopic (exact) mass is 519 g/mol. The summed E-state index contributed by atoms with van der Waals surface area (Å²) < 4.78 is 18.8. The van der Waals surface area contributed by atoms with Crippen LogP contribution in [-0.4, -0.2) is 69.8 Å². The van der Waals surface area contributed by atoms with Crippen LogP contribution in [0.4, 0.5) is 4.39 Å². The van der Waals surface area contributed by atoms with Crippen molar-refractivity contribution >= 4 is 35.8 Å². The highest BCUT2D eigenvalue weighted by Gasteiger charge is 2.29. The van der Waals surface area contributed by atoms with Gasteiger partial charge in [-0.25, -0.2) is 4.39 Å². The first kappa shape index (κ1) is 23.8. The third-order valence-corrected chi connectivity index (χ3v) is 5.09. The fourth-order valence-corrected chi connectivity index (χ4v) is 3.30. The van der Waals surface area contributed by atoms with Crippen LogP contribution in [0.5, 0.6) is 0 Å². The highest BCUT2D eigenvalue weighted by Crippen LogP contribution is 2.28. The number of guanidine groups is 1. The van der Waals surface area contributed by atoms with E-state index in [9.17, 15) is 9.18 Å². The van der Waals surface area contributed by atoms with Crippen LogP contribution in [0.25, 0.3) is 0 Å². The zero-order valence-corrected chi connectivity index (χ0v) is 19.2. The molecular weight excluding hydrogens is 488 g/mol. The number of amides is 1. The number of rotatable bonds is 8. The van der Waals surface area contributed by atoms with Crippen molar-refractivity contribution in [3.05, 3.63) is 35.6 Å². The summed E-state index contributed by atoms with van der Waals surface area (Å²) in [5, 5.41) is 9.51. The van der Waals surface area contributed by atoms with E-state index in [1.165, 1.54) is 12.1 Å². The number of carbonyl (C=O) groups excluding carboxylic acids is 1. The molecule has 3 N–H and O–H groups in total. The van der Waals surface area contributed by atoms with Crippen LogP contribution >= 0.6 is 24.0 Å². The summed E-state index contributed by atoms with van der Waals surface area (Å²) in [5.74, 6) is 0.820. The quantitative estimate of drug-likeness (QED) is 0.210. The number of halogens is 2. The van der Waals surface area contributed by atoms with E-state index in [1.807, 2.05) is 12.1 Å². The number of benzene rings is 1. The highest BCUT2D eigenvalue weighted by molar-refractivity contribution is 14.0. The van der Waals surface area contributed by atoms with Gasteiger partial charge in [0.05, 0.1) is 19.3 Å². The Morgan fingerprint density at radius 1 is 1.17 bits per heavy atom. The fraction of sp³-hybridized carbons (Fsp3) is 0.600. The van der Waals surface area contributed by atoms with Gasteiger partial charge in [-0.05, 0) is 30.5 Å². The number of aliphatic imine (C=N–C) groups is 1. The lowest BCUT2D eigenvalue weighted by molar-refractivity contribution is -0.122. The molecule has 1 saturated heterocycles. The molecule has 0 bridgehead atoms. The number of nitrogens with zero attached hydrogens (tertiary/aromatic N) is 2. The summed E-state index contributed by atoms with van der Waals surface area (Å²) in [6.07, 6.45) is 2.02. The molecule has 1 atom stereocenters. The summed E-state index contributed by atoms with van der Waals surface area (Å²) in [4.78, 5) is 18.3. The minimum Gasteiger partial charge on any atom is -0.379 e. The van der Waals surface area contributed by atoms with Gasteiger partial charge in [-0.3, -0.25) is 14.7 Å². The van der Waals surface area contributed by atoms with Crippen molar-refractivity contribution < 1.29 is 13.9 Å². The molecule has 7 nitrogen and oxygen atoms in total. The number of nitrogens with one attached hydrogen (secondary N) is 3. The van der Waals surface area contributed by atoms with Gasteiger partial charge < -0.3 is 20.7 Å². The summed E-state index contributed by atoms with van der Waals surface area (Å²) in [6.45, 7) is 4.89. The second kappa shape index (κ2) is 12.3. The zero-order chi connectivity index (χ0) is 19.8.